The summed E-state index contributed by atoms with van der Waals surface area (Å²) < 4.78 is 23.8. The molecule has 0 amide bonds. The molecule has 1 aliphatic heterocycles. The Balaban J connectivity index is 2.43. The third-order valence-electron chi connectivity index (χ3n) is 3.93. The first-order valence-corrected chi connectivity index (χ1v) is 9.32. The molecule has 1 N–H and O–H groups in total. The largest absolute Gasteiger partial charge is 0.317 e. The minimum Gasteiger partial charge on any atom is -0.317 e. The normalized spacial score (nSPS) is 18.4. The van der Waals surface area contributed by atoms with Crippen LogP contribution in [0.15, 0.2) is 0 Å². The molecular weight excluding hydrogens is 260 g/mol. The maximum absolute atomic E-state index is 11.9. The van der Waals surface area contributed by atoms with Crippen molar-refractivity contribution in [2.24, 2.45) is 5.92 Å². The number of hydrogen-bond donors (Lipinski definition) is 1. The molecule has 0 aromatic heterocycles. The van der Waals surface area contributed by atoms with Crippen molar-refractivity contribution in [1.82, 2.24) is 10.2 Å². The molecular formula is C14H30N2O2S. The summed E-state index contributed by atoms with van der Waals surface area (Å²) in [6.45, 7) is 10.7. The second-order valence-corrected chi connectivity index (χ2v) is 8.59. The number of hydrogen-bond acceptors (Lipinski definition) is 4. The van der Waals surface area contributed by atoms with Gasteiger partial charge < -0.3 is 10.2 Å². The van der Waals surface area contributed by atoms with Gasteiger partial charge in [0.15, 0.2) is 9.84 Å². The Morgan fingerprint density at radius 3 is 2.37 bits per heavy atom. The van der Waals surface area contributed by atoms with Crippen LogP contribution >= 0.6 is 0 Å². The molecule has 0 radical (unpaired) electrons. The molecule has 1 aliphatic rings. The van der Waals surface area contributed by atoms with E-state index in [2.05, 4.69) is 17.1 Å². The highest BCUT2D eigenvalue weighted by Crippen LogP contribution is 2.14. The van der Waals surface area contributed by atoms with Crippen LogP contribution in [0.1, 0.15) is 40.0 Å². The van der Waals surface area contributed by atoms with E-state index in [0.717, 1.165) is 38.5 Å². The standard InChI is InChI=1S/C14H30N2O2S/c1-4-9-16(10-11-19(17,18)13(2)3)12-14-5-7-15-8-6-14/h13-15H,4-12H2,1-3H3. The summed E-state index contributed by atoms with van der Waals surface area (Å²) in [4.78, 5) is 2.34. The van der Waals surface area contributed by atoms with Crippen LogP contribution in [-0.4, -0.2) is 57.0 Å². The maximum atomic E-state index is 11.9. The second-order valence-electron chi connectivity index (χ2n) is 5.91. The van der Waals surface area contributed by atoms with E-state index in [0.29, 0.717) is 12.3 Å². The van der Waals surface area contributed by atoms with Gasteiger partial charge in [0.05, 0.1) is 11.0 Å². The minimum absolute atomic E-state index is 0.255. The predicted molar refractivity (Wildman–Crippen MR) is 81.2 cm³/mol. The van der Waals surface area contributed by atoms with E-state index in [1.54, 1.807) is 13.8 Å². The number of nitrogens with zero attached hydrogens (tertiary/aromatic N) is 1. The molecule has 0 aromatic rings. The van der Waals surface area contributed by atoms with Crippen molar-refractivity contribution in [3.05, 3.63) is 0 Å². The van der Waals surface area contributed by atoms with Gasteiger partial charge in [-0.25, -0.2) is 8.42 Å². The van der Waals surface area contributed by atoms with Gasteiger partial charge in [-0.3, -0.25) is 0 Å². The lowest BCUT2D eigenvalue weighted by Crippen LogP contribution is -2.39. The number of piperidine rings is 1. The van der Waals surface area contributed by atoms with Gasteiger partial charge in [0.25, 0.3) is 0 Å². The molecule has 19 heavy (non-hydrogen) atoms. The van der Waals surface area contributed by atoms with Crippen LogP contribution in [-0.2, 0) is 9.84 Å². The van der Waals surface area contributed by atoms with Gasteiger partial charge in [-0.1, -0.05) is 6.92 Å². The van der Waals surface area contributed by atoms with E-state index in [9.17, 15) is 8.42 Å². The van der Waals surface area contributed by atoms with Crippen molar-refractivity contribution in [3.63, 3.8) is 0 Å². The maximum Gasteiger partial charge on any atom is 0.153 e. The Hall–Kier alpha value is -0.130. The van der Waals surface area contributed by atoms with Gasteiger partial charge >= 0.3 is 0 Å². The highest BCUT2D eigenvalue weighted by molar-refractivity contribution is 7.92. The van der Waals surface area contributed by atoms with Gasteiger partial charge in [-0.15, -0.1) is 0 Å². The fourth-order valence-electron chi connectivity index (χ4n) is 2.53. The highest BCUT2D eigenvalue weighted by Gasteiger charge is 2.20. The number of rotatable bonds is 8. The molecule has 1 rings (SSSR count). The zero-order chi connectivity index (χ0) is 14.3. The lowest BCUT2D eigenvalue weighted by molar-refractivity contribution is 0.214. The van der Waals surface area contributed by atoms with Crippen molar-refractivity contribution in [2.45, 2.75) is 45.3 Å². The van der Waals surface area contributed by atoms with Crippen LogP contribution in [0, 0.1) is 5.92 Å². The summed E-state index contributed by atoms with van der Waals surface area (Å²) in [6, 6.07) is 0. The topological polar surface area (TPSA) is 49.4 Å². The molecule has 0 spiro atoms. The molecule has 0 unspecified atom stereocenters. The van der Waals surface area contributed by atoms with Crippen LogP contribution in [0.5, 0.6) is 0 Å². The van der Waals surface area contributed by atoms with E-state index in [1.165, 1.54) is 12.8 Å². The Morgan fingerprint density at radius 1 is 1.21 bits per heavy atom. The molecule has 1 heterocycles. The Bertz CT molecular complexity index is 335. The zero-order valence-corrected chi connectivity index (χ0v) is 13.5. The Kier molecular flexibility index (Phi) is 7.32. The summed E-state index contributed by atoms with van der Waals surface area (Å²) in [7, 11) is -2.91. The first kappa shape index (κ1) is 16.9. The van der Waals surface area contributed by atoms with Crippen molar-refractivity contribution < 1.29 is 8.42 Å². The van der Waals surface area contributed by atoms with Gasteiger partial charge in [0.2, 0.25) is 0 Å². The number of nitrogens with one attached hydrogen (secondary N) is 1. The highest BCUT2D eigenvalue weighted by atomic mass is 32.2. The summed E-state index contributed by atoms with van der Waals surface area (Å²) in [5.74, 6) is 1.03. The molecule has 0 saturated carbocycles. The Morgan fingerprint density at radius 2 is 1.84 bits per heavy atom. The van der Waals surface area contributed by atoms with Crippen molar-refractivity contribution >= 4 is 9.84 Å². The smallest absolute Gasteiger partial charge is 0.153 e. The molecule has 0 aromatic carbocycles. The monoisotopic (exact) mass is 290 g/mol. The molecule has 0 aliphatic carbocycles. The molecule has 0 bridgehead atoms. The van der Waals surface area contributed by atoms with E-state index in [4.69, 9.17) is 0 Å². The third-order valence-corrected chi connectivity index (χ3v) is 6.11. The predicted octanol–water partition coefficient (Wildman–Crippen LogP) is 1.52. The lowest BCUT2D eigenvalue weighted by Gasteiger charge is -2.30. The first-order chi connectivity index (χ1) is 8.95. The molecule has 1 saturated heterocycles. The van der Waals surface area contributed by atoms with E-state index in [1.807, 2.05) is 0 Å². The first-order valence-electron chi connectivity index (χ1n) is 7.60. The average molecular weight is 290 g/mol. The zero-order valence-electron chi connectivity index (χ0n) is 12.7. The van der Waals surface area contributed by atoms with Gasteiger partial charge in [-0.05, 0) is 58.7 Å². The van der Waals surface area contributed by atoms with Crippen molar-refractivity contribution in [3.8, 4) is 0 Å². The molecule has 5 heteroatoms. The fourth-order valence-corrected chi connectivity index (χ4v) is 3.52. The van der Waals surface area contributed by atoms with Crippen LogP contribution in [0.3, 0.4) is 0 Å². The second kappa shape index (κ2) is 8.22. The number of sulfone groups is 1. The Labute approximate surface area is 118 Å². The molecule has 1 fully saturated rings. The van der Waals surface area contributed by atoms with Gasteiger partial charge in [-0.2, -0.15) is 0 Å². The SMILES string of the molecule is CCCN(CCS(=O)(=O)C(C)C)CC1CCNCC1. The van der Waals surface area contributed by atoms with E-state index >= 15 is 0 Å². The minimum atomic E-state index is -2.91. The van der Waals surface area contributed by atoms with E-state index in [-0.39, 0.29) is 5.25 Å². The van der Waals surface area contributed by atoms with Crippen LogP contribution in [0.2, 0.25) is 0 Å². The summed E-state index contributed by atoms with van der Waals surface area (Å²) in [5, 5.41) is 3.12. The quantitative estimate of drug-likeness (QED) is 0.736. The van der Waals surface area contributed by atoms with Gasteiger partial charge in [0, 0.05) is 13.1 Å². The van der Waals surface area contributed by atoms with E-state index < -0.39 is 9.84 Å². The van der Waals surface area contributed by atoms with Crippen LogP contribution in [0.4, 0.5) is 0 Å². The molecule has 114 valence electrons. The lowest BCUT2D eigenvalue weighted by atomic mass is 9.97. The summed E-state index contributed by atoms with van der Waals surface area (Å²) in [5.41, 5.74) is 0. The van der Waals surface area contributed by atoms with Crippen LogP contribution in [0.25, 0.3) is 0 Å². The van der Waals surface area contributed by atoms with Gasteiger partial charge in [0.1, 0.15) is 0 Å². The summed E-state index contributed by atoms with van der Waals surface area (Å²) in [6.07, 6.45) is 3.53. The fraction of sp³-hybridized carbons (Fsp3) is 1.00. The van der Waals surface area contributed by atoms with Crippen molar-refractivity contribution in [1.29, 1.82) is 0 Å². The molecule has 4 nitrogen and oxygen atoms in total. The average Bonchev–Trinajstić information content (AvgIpc) is 2.37. The van der Waals surface area contributed by atoms with Crippen LogP contribution < -0.4 is 5.32 Å². The van der Waals surface area contributed by atoms with Crippen molar-refractivity contribution in [2.75, 3.05) is 38.5 Å². The molecule has 0 atom stereocenters. The third kappa shape index (κ3) is 6.23. The summed E-state index contributed by atoms with van der Waals surface area (Å²) >= 11 is 0.